The van der Waals surface area contributed by atoms with Gasteiger partial charge in [-0.1, -0.05) is 30.3 Å². The van der Waals surface area contributed by atoms with Gasteiger partial charge in [-0.15, -0.1) is 0 Å². The molecule has 0 unspecified atom stereocenters. The third-order valence-electron chi connectivity index (χ3n) is 5.11. The van der Waals surface area contributed by atoms with E-state index in [2.05, 4.69) is 10.1 Å². The fourth-order valence-corrected chi connectivity index (χ4v) is 3.65. The third-order valence-corrected chi connectivity index (χ3v) is 5.11. The lowest BCUT2D eigenvalue weighted by Gasteiger charge is -2.11. The average Bonchev–Trinajstić information content (AvgIpc) is 3.26. The van der Waals surface area contributed by atoms with Gasteiger partial charge in [0.2, 0.25) is 5.95 Å². The molecule has 0 atom stereocenters. The Bertz CT molecular complexity index is 1330. The molecule has 0 fully saturated rings. The van der Waals surface area contributed by atoms with E-state index >= 15 is 0 Å². The molecule has 30 heavy (non-hydrogen) atoms. The molecule has 156 valence electrons. The van der Waals surface area contributed by atoms with E-state index in [1.807, 2.05) is 54.8 Å². The van der Waals surface area contributed by atoms with Crippen LogP contribution in [0.25, 0.3) is 17.1 Å². The molecule has 0 N–H and O–H groups in total. The van der Waals surface area contributed by atoms with E-state index in [0.29, 0.717) is 23.7 Å². The number of imidazole rings is 1. The Labute approximate surface area is 172 Å². The Hall–Kier alpha value is -3.46. The summed E-state index contributed by atoms with van der Waals surface area (Å²) < 4.78 is 11.2. The van der Waals surface area contributed by atoms with Crippen LogP contribution in [0.5, 0.6) is 0 Å². The molecule has 0 aliphatic carbocycles. The summed E-state index contributed by atoms with van der Waals surface area (Å²) in [4.78, 5) is 30.8. The minimum atomic E-state index is -0.422. The van der Waals surface area contributed by atoms with Crippen molar-refractivity contribution in [1.82, 2.24) is 28.5 Å². The highest BCUT2D eigenvalue weighted by Gasteiger charge is 2.22. The second-order valence-electron chi connectivity index (χ2n) is 7.29. The average molecular weight is 408 g/mol. The molecular weight excluding hydrogens is 384 g/mol. The van der Waals surface area contributed by atoms with Gasteiger partial charge in [-0.05, 0) is 25.5 Å². The zero-order valence-corrected chi connectivity index (χ0v) is 17.5. The molecule has 9 nitrogen and oxygen atoms in total. The van der Waals surface area contributed by atoms with Crippen molar-refractivity contribution in [3.8, 4) is 5.95 Å². The zero-order chi connectivity index (χ0) is 21.4. The molecule has 4 aromatic rings. The zero-order valence-electron chi connectivity index (χ0n) is 17.5. The number of rotatable bonds is 6. The SMILES string of the molecule is COCCn1c(=O)c2c(nc(-n3nc(C)cc3C)n2Cc2ccccc2)n(C)c1=O. The van der Waals surface area contributed by atoms with Crippen molar-refractivity contribution in [2.24, 2.45) is 7.05 Å². The number of aryl methyl sites for hydroxylation is 3. The number of ether oxygens (including phenoxy) is 1. The normalized spacial score (nSPS) is 11.5. The summed E-state index contributed by atoms with van der Waals surface area (Å²) in [6.07, 6.45) is 0. The maximum absolute atomic E-state index is 13.4. The van der Waals surface area contributed by atoms with Crippen molar-refractivity contribution in [2.75, 3.05) is 13.7 Å². The van der Waals surface area contributed by atoms with Gasteiger partial charge >= 0.3 is 5.69 Å². The summed E-state index contributed by atoms with van der Waals surface area (Å²) >= 11 is 0. The number of hydrogen-bond donors (Lipinski definition) is 0. The van der Waals surface area contributed by atoms with E-state index in [1.54, 1.807) is 11.7 Å². The first kappa shape index (κ1) is 19.8. The molecule has 0 saturated carbocycles. The predicted molar refractivity (Wildman–Crippen MR) is 113 cm³/mol. The third kappa shape index (κ3) is 3.26. The molecule has 1 aromatic carbocycles. The largest absolute Gasteiger partial charge is 0.383 e. The van der Waals surface area contributed by atoms with Gasteiger partial charge in [0.25, 0.3) is 5.56 Å². The molecule has 0 spiro atoms. The quantitative estimate of drug-likeness (QED) is 0.481. The lowest BCUT2D eigenvalue weighted by atomic mass is 10.2. The van der Waals surface area contributed by atoms with Crippen molar-refractivity contribution in [3.05, 3.63) is 74.2 Å². The highest BCUT2D eigenvalue weighted by molar-refractivity contribution is 5.73. The van der Waals surface area contributed by atoms with Crippen molar-refractivity contribution >= 4 is 11.2 Å². The minimum absolute atomic E-state index is 0.170. The summed E-state index contributed by atoms with van der Waals surface area (Å²) in [5.74, 6) is 0.496. The van der Waals surface area contributed by atoms with E-state index in [-0.39, 0.29) is 18.7 Å². The molecule has 0 amide bonds. The number of benzene rings is 1. The van der Waals surface area contributed by atoms with Crippen LogP contribution in [0.2, 0.25) is 0 Å². The maximum atomic E-state index is 13.4. The molecule has 0 saturated heterocycles. The lowest BCUT2D eigenvalue weighted by molar-refractivity contribution is 0.184. The van der Waals surface area contributed by atoms with E-state index in [4.69, 9.17) is 4.74 Å². The van der Waals surface area contributed by atoms with Gasteiger partial charge in [-0.3, -0.25) is 18.5 Å². The van der Waals surface area contributed by atoms with Crippen LogP contribution in [-0.4, -0.2) is 42.2 Å². The Morgan fingerprint density at radius 1 is 1.07 bits per heavy atom. The van der Waals surface area contributed by atoms with Crippen LogP contribution in [-0.2, 0) is 24.9 Å². The fraction of sp³-hybridized carbons (Fsp3) is 0.333. The van der Waals surface area contributed by atoms with Gasteiger partial charge in [0.05, 0.1) is 25.4 Å². The standard InChI is InChI=1S/C21H24N6O3/c1-14-12-15(2)27(23-14)20-22-18-17(26(20)13-16-8-6-5-7-9-16)19(28)25(10-11-30-4)21(29)24(18)3/h5-9,12H,10-11,13H2,1-4H3. The van der Waals surface area contributed by atoms with Crippen LogP contribution in [0.15, 0.2) is 46.0 Å². The maximum Gasteiger partial charge on any atom is 0.332 e. The van der Waals surface area contributed by atoms with E-state index < -0.39 is 5.69 Å². The lowest BCUT2D eigenvalue weighted by Crippen LogP contribution is -2.40. The van der Waals surface area contributed by atoms with Crippen molar-refractivity contribution < 1.29 is 4.74 Å². The van der Waals surface area contributed by atoms with Crippen LogP contribution < -0.4 is 11.2 Å². The molecule has 9 heteroatoms. The van der Waals surface area contributed by atoms with Gasteiger partial charge < -0.3 is 4.74 Å². The molecule has 4 rings (SSSR count). The fourth-order valence-electron chi connectivity index (χ4n) is 3.65. The molecule has 3 aromatic heterocycles. The molecule has 3 heterocycles. The van der Waals surface area contributed by atoms with Gasteiger partial charge in [-0.2, -0.15) is 10.1 Å². The summed E-state index contributed by atoms with van der Waals surface area (Å²) in [6, 6.07) is 11.8. The van der Waals surface area contributed by atoms with E-state index in [0.717, 1.165) is 17.0 Å². The highest BCUT2D eigenvalue weighted by atomic mass is 16.5. The monoisotopic (exact) mass is 408 g/mol. The van der Waals surface area contributed by atoms with E-state index in [1.165, 1.54) is 16.2 Å². The first-order valence-electron chi connectivity index (χ1n) is 9.69. The summed E-state index contributed by atoms with van der Waals surface area (Å²) in [5, 5.41) is 4.55. The van der Waals surface area contributed by atoms with Crippen LogP contribution in [0, 0.1) is 13.8 Å². The van der Waals surface area contributed by atoms with Gasteiger partial charge in [0.1, 0.15) is 0 Å². The highest BCUT2D eigenvalue weighted by Crippen LogP contribution is 2.19. The topological polar surface area (TPSA) is 88.9 Å². The molecule has 0 aliphatic rings. The van der Waals surface area contributed by atoms with Crippen molar-refractivity contribution in [1.29, 1.82) is 0 Å². The van der Waals surface area contributed by atoms with Gasteiger partial charge in [0, 0.05) is 19.9 Å². The summed E-state index contributed by atoms with van der Waals surface area (Å²) in [7, 11) is 3.16. The molecule has 0 aliphatic heterocycles. The molecular formula is C21H24N6O3. The molecule has 0 radical (unpaired) electrons. The van der Waals surface area contributed by atoms with Gasteiger partial charge in [-0.25, -0.2) is 9.48 Å². The van der Waals surface area contributed by atoms with Crippen molar-refractivity contribution in [2.45, 2.75) is 26.9 Å². The Morgan fingerprint density at radius 2 is 1.80 bits per heavy atom. The Balaban J connectivity index is 2.06. The summed E-state index contributed by atoms with van der Waals surface area (Å²) in [5.41, 5.74) is 2.63. The first-order valence-corrected chi connectivity index (χ1v) is 9.69. The predicted octanol–water partition coefficient (Wildman–Crippen LogP) is 1.39. The number of nitrogens with zero attached hydrogens (tertiary/aromatic N) is 6. The Morgan fingerprint density at radius 3 is 2.43 bits per heavy atom. The number of methoxy groups -OCH3 is 1. The van der Waals surface area contributed by atoms with Crippen LogP contribution in [0.1, 0.15) is 17.0 Å². The van der Waals surface area contributed by atoms with Crippen molar-refractivity contribution in [3.63, 3.8) is 0 Å². The summed E-state index contributed by atoms with van der Waals surface area (Å²) in [6.45, 7) is 4.69. The smallest absolute Gasteiger partial charge is 0.332 e. The number of fused-ring (bicyclic) bond motifs is 1. The van der Waals surface area contributed by atoms with Crippen LogP contribution in [0.3, 0.4) is 0 Å². The molecule has 0 bridgehead atoms. The van der Waals surface area contributed by atoms with Gasteiger partial charge in [0.15, 0.2) is 11.2 Å². The first-order chi connectivity index (χ1) is 14.4. The number of aromatic nitrogens is 6. The second kappa shape index (κ2) is 7.75. The Kier molecular flexibility index (Phi) is 5.13. The van der Waals surface area contributed by atoms with E-state index in [9.17, 15) is 9.59 Å². The van der Waals surface area contributed by atoms with Crippen LogP contribution in [0.4, 0.5) is 0 Å². The minimum Gasteiger partial charge on any atom is -0.383 e. The van der Waals surface area contributed by atoms with Crippen LogP contribution >= 0.6 is 0 Å². The second-order valence-corrected chi connectivity index (χ2v) is 7.29. The number of hydrogen-bond acceptors (Lipinski definition) is 5.